The Kier molecular flexibility index (Phi) is 10.1. The number of ether oxygens (including phenoxy) is 1. The van der Waals surface area contributed by atoms with Crippen LogP contribution in [0, 0.1) is 0 Å². The van der Waals surface area contributed by atoms with Gasteiger partial charge in [0.1, 0.15) is 0 Å². The van der Waals surface area contributed by atoms with Gasteiger partial charge < -0.3 is 30.6 Å². The molecule has 11 heteroatoms. The molecule has 9 nitrogen and oxygen atoms in total. The molecule has 4 heterocycles. The van der Waals surface area contributed by atoms with Crippen LogP contribution in [0.5, 0.6) is 5.88 Å². The van der Waals surface area contributed by atoms with Gasteiger partial charge in [-0.1, -0.05) is 77.8 Å². The minimum Gasteiger partial charge on any atom is -0.481 e. The Hall–Kier alpha value is -4.41. The number of carbonyl (C=O) groups excluding carboxylic acids is 2. The third-order valence-electron chi connectivity index (χ3n) is 9.66. The molecule has 0 spiro atoms. The summed E-state index contributed by atoms with van der Waals surface area (Å²) in [5.74, 6) is 0.755. The van der Waals surface area contributed by atoms with Crippen LogP contribution < -0.4 is 26.0 Å². The minimum atomic E-state index is 0.105. The van der Waals surface area contributed by atoms with E-state index in [4.69, 9.17) is 32.9 Å². The largest absolute Gasteiger partial charge is 0.481 e. The van der Waals surface area contributed by atoms with Gasteiger partial charge in [-0.3, -0.25) is 9.59 Å². The molecule has 2 atom stereocenters. The monoisotopic (exact) mass is 710 g/mol. The highest BCUT2D eigenvalue weighted by atomic mass is 35.5. The first kappa shape index (κ1) is 34.1. The van der Waals surface area contributed by atoms with Crippen molar-refractivity contribution in [3.63, 3.8) is 0 Å². The van der Waals surface area contributed by atoms with E-state index < -0.39 is 0 Å². The smallest absolute Gasteiger partial charge is 0.220 e. The van der Waals surface area contributed by atoms with E-state index in [0.29, 0.717) is 47.6 Å². The summed E-state index contributed by atoms with van der Waals surface area (Å²) in [5.41, 5.74) is 8.28. The number of hydrogen-bond donors (Lipinski definition) is 4. The lowest BCUT2D eigenvalue weighted by atomic mass is 9.96. The van der Waals surface area contributed by atoms with Crippen molar-refractivity contribution in [1.82, 2.24) is 30.8 Å². The Morgan fingerprint density at radius 3 is 2.02 bits per heavy atom. The van der Waals surface area contributed by atoms with Gasteiger partial charge in [-0.15, -0.1) is 0 Å². The Morgan fingerprint density at radius 2 is 1.40 bits per heavy atom. The van der Waals surface area contributed by atoms with Gasteiger partial charge in [0, 0.05) is 103 Å². The number of methoxy groups -OCH3 is 1. The molecule has 2 fully saturated rings. The van der Waals surface area contributed by atoms with Gasteiger partial charge >= 0.3 is 0 Å². The fourth-order valence-corrected chi connectivity index (χ4v) is 7.69. The van der Waals surface area contributed by atoms with Crippen LogP contribution in [0.4, 0.5) is 0 Å². The molecule has 7 rings (SSSR count). The first-order valence-corrected chi connectivity index (χ1v) is 17.7. The van der Waals surface area contributed by atoms with Crippen molar-refractivity contribution in [2.45, 2.75) is 50.9 Å². The van der Waals surface area contributed by atoms with Crippen LogP contribution in [0.1, 0.15) is 36.8 Å². The van der Waals surface area contributed by atoms with Crippen molar-refractivity contribution in [2.75, 3.05) is 20.2 Å². The zero-order valence-electron chi connectivity index (χ0n) is 28.1. The molecule has 258 valence electrons. The second-order valence-corrected chi connectivity index (χ2v) is 13.8. The van der Waals surface area contributed by atoms with E-state index in [1.165, 1.54) is 10.9 Å². The highest BCUT2D eigenvalue weighted by Crippen LogP contribution is 2.43. The third-order valence-corrected chi connectivity index (χ3v) is 10.5. The molecule has 2 aliphatic rings. The number of pyridine rings is 1. The number of halogens is 2. The van der Waals surface area contributed by atoms with E-state index in [0.717, 1.165) is 64.8 Å². The fraction of sp³-hybridized carbons (Fsp3) is 0.308. The molecule has 3 aromatic carbocycles. The molecule has 0 aliphatic carbocycles. The molecule has 2 saturated heterocycles. The Balaban J connectivity index is 1.11. The van der Waals surface area contributed by atoms with Crippen LogP contribution in [0.25, 0.3) is 44.4 Å². The molecule has 0 unspecified atom stereocenters. The number of amides is 2. The lowest BCUT2D eigenvalue weighted by Gasteiger charge is -2.16. The summed E-state index contributed by atoms with van der Waals surface area (Å²) in [6.07, 6.45) is 5.06. The number of hydrogen-bond acceptors (Lipinski definition) is 6. The number of nitrogens with one attached hydrogen (secondary N) is 4. The summed E-state index contributed by atoms with van der Waals surface area (Å²) in [5, 5.41) is 15.3. The Morgan fingerprint density at radius 1 is 0.800 bits per heavy atom. The van der Waals surface area contributed by atoms with Gasteiger partial charge in [0.2, 0.25) is 17.7 Å². The summed E-state index contributed by atoms with van der Waals surface area (Å²) >= 11 is 14.3. The van der Waals surface area contributed by atoms with Crippen LogP contribution in [-0.4, -0.2) is 53.6 Å². The summed E-state index contributed by atoms with van der Waals surface area (Å²) in [6.45, 7) is 2.72. The van der Waals surface area contributed by atoms with Crippen LogP contribution in [-0.2, 0) is 29.7 Å². The second kappa shape index (κ2) is 14.8. The molecule has 0 saturated carbocycles. The van der Waals surface area contributed by atoms with Gasteiger partial charge in [0.15, 0.2) is 0 Å². The molecule has 2 amide bonds. The lowest BCUT2D eigenvalue weighted by molar-refractivity contribution is -0.120. The fourth-order valence-electron chi connectivity index (χ4n) is 7.03. The van der Waals surface area contributed by atoms with Crippen molar-refractivity contribution in [1.29, 1.82) is 0 Å². The lowest BCUT2D eigenvalue weighted by Crippen LogP contribution is -2.35. The summed E-state index contributed by atoms with van der Waals surface area (Å²) in [6, 6.07) is 22.6. The Bertz CT molecular complexity index is 2080. The highest BCUT2D eigenvalue weighted by Gasteiger charge is 2.22. The molecule has 0 bridgehead atoms. The predicted octanol–water partition coefficient (Wildman–Crippen LogP) is 6.63. The number of nitrogens with zero attached hydrogens (tertiary/aromatic N) is 2. The zero-order chi connectivity index (χ0) is 34.8. The summed E-state index contributed by atoms with van der Waals surface area (Å²) in [7, 11) is 3.67. The maximum Gasteiger partial charge on any atom is 0.220 e. The number of benzene rings is 3. The third kappa shape index (κ3) is 7.09. The minimum absolute atomic E-state index is 0.105. The van der Waals surface area contributed by atoms with Gasteiger partial charge in [-0.25, -0.2) is 4.98 Å². The maximum atomic E-state index is 11.6. The van der Waals surface area contributed by atoms with Crippen LogP contribution in [0.2, 0.25) is 10.0 Å². The van der Waals surface area contributed by atoms with E-state index in [9.17, 15) is 9.59 Å². The quantitative estimate of drug-likeness (QED) is 0.116. The average molecular weight is 712 g/mol. The van der Waals surface area contributed by atoms with Gasteiger partial charge in [-0.05, 0) is 36.1 Å². The van der Waals surface area contributed by atoms with Gasteiger partial charge in [0.25, 0.3) is 0 Å². The maximum absolute atomic E-state index is 11.6. The van der Waals surface area contributed by atoms with E-state index >= 15 is 0 Å². The summed E-state index contributed by atoms with van der Waals surface area (Å²) < 4.78 is 7.81. The van der Waals surface area contributed by atoms with E-state index in [1.807, 2.05) is 48.5 Å². The highest BCUT2D eigenvalue weighted by molar-refractivity contribution is 6.39. The summed E-state index contributed by atoms with van der Waals surface area (Å²) in [4.78, 5) is 27.9. The molecule has 2 aromatic heterocycles. The predicted molar refractivity (Wildman–Crippen MR) is 199 cm³/mol. The number of aryl methyl sites for hydroxylation is 1. The normalized spacial score (nSPS) is 17.4. The van der Waals surface area contributed by atoms with Crippen LogP contribution in [0.3, 0.4) is 0 Å². The average Bonchev–Trinajstić information content (AvgIpc) is 3.83. The SMILES string of the molecule is COc1nc(-c2cccc(-c3cccc(-c4ccc5c(CNC[C@@H]6CCC(=O)N6)cn(C)c5c4)c3Cl)c2Cl)ccc1CNC[C@@H]1CCC(=O)N1. The topological polar surface area (TPSA) is 109 Å². The van der Waals surface area contributed by atoms with Gasteiger partial charge in [-0.2, -0.15) is 0 Å². The zero-order valence-corrected chi connectivity index (χ0v) is 29.6. The van der Waals surface area contributed by atoms with Gasteiger partial charge in [0.05, 0.1) is 22.8 Å². The van der Waals surface area contributed by atoms with E-state index in [2.05, 4.69) is 57.3 Å². The first-order chi connectivity index (χ1) is 24.3. The molecule has 5 aromatic rings. The first-order valence-electron chi connectivity index (χ1n) is 17.0. The van der Waals surface area contributed by atoms with E-state index in [-0.39, 0.29) is 23.9 Å². The number of rotatable bonds is 12. The van der Waals surface area contributed by atoms with Crippen molar-refractivity contribution >= 4 is 45.9 Å². The number of fused-ring (bicyclic) bond motifs is 1. The van der Waals surface area contributed by atoms with Crippen LogP contribution in [0.15, 0.2) is 72.9 Å². The molecule has 0 radical (unpaired) electrons. The molecular formula is C39H40Cl2N6O3. The van der Waals surface area contributed by atoms with Crippen molar-refractivity contribution in [3.8, 4) is 39.4 Å². The second-order valence-electron chi connectivity index (χ2n) is 13.1. The van der Waals surface area contributed by atoms with Crippen LogP contribution >= 0.6 is 23.2 Å². The van der Waals surface area contributed by atoms with E-state index in [1.54, 1.807) is 7.11 Å². The standard InChI is InChI=1S/C39H40Cl2N6O3/c1-47-22-25(19-43-21-27-12-16-36(49)45-27)28-13-9-23(17-34(28)47)29-5-3-6-30(37(29)40)31-7-4-8-32(38(31)41)33-14-10-24(39(46-33)50-2)18-42-20-26-11-15-35(48)44-26/h3-10,13-14,17,22,26-27,42-43H,11-12,15-16,18-21H2,1-2H3,(H,44,48)(H,45,49)/t26-,27-/m0/s1. The molecular weight excluding hydrogens is 671 g/mol. The van der Waals surface area contributed by atoms with Crippen molar-refractivity contribution < 1.29 is 14.3 Å². The Labute approximate surface area is 301 Å². The number of aromatic nitrogens is 2. The molecule has 4 N–H and O–H groups in total. The molecule has 2 aliphatic heterocycles. The van der Waals surface area contributed by atoms with Crippen molar-refractivity contribution in [2.24, 2.45) is 7.05 Å². The number of carbonyl (C=O) groups is 2. The molecule has 50 heavy (non-hydrogen) atoms. The van der Waals surface area contributed by atoms with Crippen molar-refractivity contribution in [3.05, 3.63) is 94.1 Å².